The highest BCUT2D eigenvalue weighted by molar-refractivity contribution is 7.99. The van der Waals surface area contributed by atoms with E-state index in [0.717, 1.165) is 37.3 Å². The molecule has 0 spiro atoms. The first-order valence-corrected chi connectivity index (χ1v) is 14.9. The monoisotopic (exact) mass is 513 g/mol. The number of ether oxygens (including phenoxy) is 1. The van der Waals surface area contributed by atoms with Gasteiger partial charge in [0, 0.05) is 29.0 Å². The van der Waals surface area contributed by atoms with Gasteiger partial charge in [0.25, 0.3) is 0 Å². The molecule has 36 heavy (non-hydrogen) atoms. The predicted molar refractivity (Wildman–Crippen MR) is 159 cm³/mol. The van der Waals surface area contributed by atoms with Crippen LogP contribution >= 0.6 is 11.8 Å². The zero-order valence-electron chi connectivity index (χ0n) is 24.5. The molecule has 202 valence electrons. The standard InChI is InChI=1S/C28H39NO2S.2C2H6/c1-7-9-10-22(26(30)28(5,6)29-15-17-31-18-16-29)19-23-13-11-21-12-14-24(32-8-2)20-25(21)27(23,3)4;2*1-2/h7,10,12,14,19-20H,1,8-9,11,13,15-18H2,2-6H3;2*1-2H3/b22-10+,23-19+;;. The molecular formula is C32H51NO2S. The van der Waals surface area contributed by atoms with Gasteiger partial charge in [0.15, 0.2) is 5.78 Å². The van der Waals surface area contributed by atoms with E-state index >= 15 is 0 Å². The molecule has 1 heterocycles. The molecule has 0 bridgehead atoms. The summed E-state index contributed by atoms with van der Waals surface area (Å²) in [5.41, 5.74) is 4.32. The van der Waals surface area contributed by atoms with Crippen LogP contribution in [0.5, 0.6) is 0 Å². The van der Waals surface area contributed by atoms with Crippen LogP contribution in [0.15, 0.2) is 59.0 Å². The Morgan fingerprint density at radius 1 is 1.14 bits per heavy atom. The van der Waals surface area contributed by atoms with Gasteiger partial charge in [-0.1, -0.05) is 78.3 Å². The van der Waals surface area contributed by atoms with E-state index in [1.807, 2.05) is 45.5 Å². The highest BCUT2D eigenvalue weighted by atomic mass is 32.2. The van der Waals surface area contributed by atoms with Gasteiger partial charge >= 0.3 is 0 Å². The number of morpholine rings is 1. The SMILES string of the molecule is C=CC/C=C(\C=C1/CCc2ccc(SCC)cc2C1(C)C)C(=O)C(C)(C)N1CCOCC1.CC.CC. The molecular weight excluding hydrogens is 462 g/mol. The number of rotatable bonds is 8. The molecule has 1 aliphatic heterocycles. The lowest BCUT2D eigenvalue weighted by atomic mass is 9.68. The largest absolute Gasteiger partial charge is 0.379 e. The van der Waals surface area contributed by atoms with Gasteiger partial charge < -0.3 is 4.74 Å². The van der Waals surface area contributed by atoms with E-state index in [1.54, 1.807) is 0 Å². The summed E-state index contributed by atoms with van der Waals surface area (Å²) >= 11 is 1.89. The van der Waals surface area contributed by atoms with Gasteiger partial charge in [-0.05, 0) is 62.1 Å². The number of aryl methyl sites for hydroxylation is 1. The van der Waals surface area contributed by atoms with Crippen molar-refractivity contribution in [3.05, 3.63) is 65.3 Å². The fourth-order valence-electron chi connectivity index (χ4n) is 4.85. The summed E-state index contributed by atoms with van der Waals surface area (Å²) in [5, 5.41) is 0. The lowest BCUT2D eigenvalue weighted by Gasteiger charge is -2.40. The maximum Gasteiger partial charge on any atom is 0.182 e. The van der Waals surface area contributed by atoms with Crippen LogP contribution in [0.2, 0.25) is 0 Å². The second kappa shape index (κ2) is 15.6. The van der Waals surface area contributed by atoms with Crippen molar-refractivity contribution in [2.75, 3.05) is 32.1 Å². The number of Topliss-reactive ketones (excluding diaryl/α,β-unsaturated/α-hetero) is 1. The van der Waals surface area contributed by atoms with Crippen molar-refractivity contribution >= 4 is 17.5 Å². The van der Waals surface area contributed by atoms with E-state index < -0.39 is 5.54 Å². The zero-order chi connectivity index (χ0) is 27.4. The average Bonchev–Trinajstić information content (AvgIpc) is 2.90. The van der Waals surface area contributed by atoms with Gasteiger partial charge in [-0.2, -0.15) is 0 Å². The third-order valence-electron chi connectivity index (χ3n) is 6.99. The van der Waals surface area contributed by atoms with Gasteiger partial charge in [0.05, 0.1) is 18.8 Å². The Balaban J connectivity index is 0.00000154. The molecule has 1 aromatic carbocycles. The van der Waals surface area contributed by atoms with E-state index in [4.69, 9.17) is 4.74 Å². The molecule has 2 aliphatic rings. The maximum atomic E-state index is 13.8. The molecule has 4 heteroatoms. The number of hydrogen-bond acceptors (Lipinski definition) is 4. The van der Waals surface area contributed by atoms with Crippen LogP contribution in [-0.2, 0) is 21.4 Å². The van der Waals surface area contributed by atoms with Crippen molar-refractivity contribution in [2.45, 2.75) is 97.4 Å². The molecule has 0 radical (unpaired) electrons. The molecule has 0 amide bonds. The topological polar surface area (TPSA) is 29.5 Å². The highest BCUT2D eigenvalue weighted by Gasteiger charge is 2.38. The lowest BCUT2D eigenvalue weighted by molar-refractivity contribution is -0.128. The Hall–Kier alpha value is -1.62. The smallest absolute Gasteiger partial charge is 0.182 e. The van der Waals surface area contributed by atoms with Gasteiger partial charge in [-0.15, -0.1) is 18.3 Å². The number of fused-ring (bicyclic) bond motifs is 1. The average molecular weight is 514 g/mol. The number of hydrogen-bond donors (Lipinski definition) is 0. The van der Waals surface area contributed by atoms with Crippen LogP contribution in [-0.4, -0.2) is 48.3 Å². The minimum Gasteiger partial charge on any atom is -0.379 e. The Morgan fingerprint density at radius 2 is 1.78 bits per heavy atom. The number of allylic oxidation sites excluding steroid dienone is 4. The second-order valence-corrected chi connectivity index (χ2v) is 11.1. The Bertz CT molecular complexity index is 905. The number of ketones is 1. The Kier molecular flexibility index (Phi) is 14.0. The van der Waals surface area contributed by atoms with Crippen molar-refractivity contribution in [1.82, 2.24) is 4.90 Å². The number of carbonyl (C=O) groups is 1. The van der Waals surface area contributed by atoms with E-state index in [2.05, 4.69) is 76.4 Å². The number of thioether (sulfide) groups is 1. The molecule has 0 saturated carbocycles. The minimum absolute atomic E-state index is 0.103. The number of nitrogens with zero attached hydrogens (tertiary/aromatic N) is 1. The third-order valence-corrected chi connectivity index (χ3v) is 7.86. The summed E-state index contributed by atoms with van der Waals surface area (Å²) in [6, 6.07) is 6.91. The van der Waals surface area contributed by atoms with Crippen LogP contribution in [0, 0.1) is 0 Å². The summed E-state index contributed by atoms with van der Waals surface area (Å²) in [6.45, 7) is 25.7. The lowest BCUT2D eigenvalue weighted by Crippen LogP contribution is -2.54. The van der Waals surface area contributed by atoms with E-state index in [0.29, 0.717) is 19.6 Å². The predicted octanol–water partition coefficient (Wildman–Crippen LogP) is 8.18. The molecule has 0 unspecified atom stereocenters. The quantitative estimate of drug-likeness (QED) is 0.199. The first-order valence-electron chi connectivity index (χ1n) is 13.9. The fourth-order valence-corrected chi connectivity index (χ4v) is 5.55. The van der Waals surface area contributed by atoms with Crippen molar-refractivity contribution in [3.8, 4) is 0 Å². The van der Waals surface area contributed by atoms with E-state index in [-0.39, 0.29) is 11.2 Å². The highest BCUT2D eigenvalue weighted by Crippen LogP contribution is 2.43. The molecule has 1 fully saturated rings. The molecule has 3 rings (SSSR count). The van der Waals surface area contributed by atoms with Crippen LogP contribution in [0.4, 0.5) is 0 Å². The Morgan fingerprint density at radius 3 is 2.36 bits per heavy atom. The van der Waals surface area contributed by atoms with Crippen molar-refractivity contribution < 1.29 is 9.53 Å². The summed E-state index contributed by atoms with van der Waals surface area (Å²) in [4.78, 5) is 17.4. The van der Waals surface area contributed by atoms with Crippen LogP contribution in [0.25, 0.3) is 0 Å². The normalized spacial score (nSPS) is 18.8. The van der Waals surface area contributed by atoms with E-state index in [9.17, 15) is 4.79 Å². The molecule has 1 saturated heterocycles. The number of carbonyl (C=O) groups excluding carboxylic acids is 1. The molecule has 0 aromatic heterocycles. The van der Waals surface area contributed by atoms with Crippen molar-refractivity contribution in [1.29, 1.82) is 0 Å². The van der Waals surface area contributed by atoms with Crippen molar-refractivity contribution in [2.24, 2.45) is 0 Å². The third kappa shape index (κ3) is 7.94. The molecule has 1 aliphatic carbocycles. The molecule has 3 nitrogen and oxygen atoms in total. The minimum atomic E-state index is -0.560. The van der Waals surface area contributed by atoms with Crippen LogP contribution in [0.3, 0.4) is 0 Å². The van der Waals surface area contributed by atoms with Gasteiger partial charge in [-0.3, -0.25) is 9.69 Å². The van der Waals surface area contributed by atoms with Crippen LogP contribution in [0.1, 0.15) is 86.3 Å². The maximum absolute atomic E-state index is 13.8. The van der Waals surface area contributed by atoms with Gasteiger partial charge in [-0.25, -0.2) is 0 Å². The molecule has 0 N–H and O–H groups in total. The van der Waals surface area contributed by atoms with Crippen LogP contribution < -0.4 is 0 Å². The fraction of sp³-hybridized carbons (Fsp3) is 0.594. The summed E-state index contributed by atoms with van der Waals surface area (Å²) < 4.78 is 5.51. The van der Waals surface area contributed by atoms with Gasteiger partial charge in [0.1, 0.15) is 0 Å². The number of benzene rings is 1. The summed E-state index contributed by atoms with van der Waals surface area (Å²) in [7, 11) is 0. The first kappa shape index (κ1) is 32.4. The zero-order valence-corrected chi connectivity index (χ0v) is 25.3. The summed E-state index contributed by atoms with van der Waals surface area (Å²) in [6.07, 6.45) is 8.81. The first-order chi connectivity index (χ1) is 17.2. The molecule has 0 atom stereocenters. The second-order valence-electron chi connectivity index (χ2n) is 9.72. The van der Waals surface area contributed by atoms with E-state index in [1.165, 1.54) is 21.6 Å². The van der Waals surface area contributed by atoms with Crippen molar-refractivity contribution in [3.63, 3.8) is 0 Å². The Labute approximate surface area is 226 Å². The summed E-state index contributed by atoms with van der Waals surface area (Å²) in [5.74, 6) is 1.26. The molecule has 1 aromatic rings. The van der Waals surface area contributed by atoms with Gasteiger partial charge in [0.2, 0.25) is 0 Å².